The fourth-order valence-corrected chi connectivity index (χ4v) is 3.14. The third kappa shape index (κ3) is 6.73. The van der Waals surface area contributed by atoms with E-state index in [1.54, 1.807) is 53.7 Å². The lowest BCUT2D eigenvalue weighted by Crippen LogP contribution is -2.44. The molecule has 2 amide bonds. The van der Waals surface area contributed by atoms with Crippen LogP contribution in [0.1, 0.15) is 94.6 Å². The molecule has 1 aromatic rings. The summed E-state index contributed by atoms with van der Waals surface area (Å²) in [5.74, 6) is 0.130. The van der Waals surface area contributed by atoms with E-state index in [2.05, 4.69) is 0 Å². The van der Waals surface area contributed by atoms with E-state index in [4.69, 9.17) is 18.8 Å². The second-order valence-electron chi connectivity index (χ2n) is 11.9. The number of carbonyl (C=O) groups is 2. The summed E-state index contributed by atoms with van der Waals surface area (Å²) in [4.78, 5) is 27.2. The molecule has 0 N–H and O–H groups in total. The van der Waals surface area contributed by atoms with Crippen LogP contribution in [0.15, 0.2) is 18.2 Å². The Morgan fingerprint density at radius 2 is 1.27 bits per heavy atom. The molecule has 0 radical (unpaired) electrons. The summed E-state index contributed by atoms with van der Waals surface area (Å²) in [5.41, 5.74) is -0.650. The number of carbonyl (C=O) groups excluding carboxylic acids is 2. The van der Waals surface area contributed by atoms with E-state index < -0.39 is 41.7 Å². The highest BCUT2D eigenvalue weighted by molar-refractivity contribution is 6.62. The van der Waals surface area contributed by atoms with Gasteiger partial charge in [-0.2, -0.15) is 4.90 Å². The van der Waals surface area contributed by atoms with Crippen LogP contribution in [0.2, 0.25) is 0 Å². The van der Waals surface area contributed by atoms with E-state index in [1.807, 2.05) is 47.6 Å². The van der Waals surface area contributed by atoms with Gasteiger partial charge in [-0.15, -0.1) is 0 Å². The van der Waals surface area contributed by atoms with E-state index in [0.717, 1.165) is 10.5 Å². The first-order valence-corrected chi connectivity index (χ1v) is 11.5. The number of imide groups is 1. The predicted octanol–water partition coefficient (Wildman–Crippen LogP) is 5.79. The fraction of sp³-hybridized carbons (Fsp3) is 0.680. The van der Waals surface area contributed by atoms with Crippen LogP contribution < -0.4 is 10.4 Å². The van der Waals surface area contributed by atoms with Gasteiger partial charge in [-0.1, -0.05) is 19.9 Å². The molecule has 33 heavy (non-hydrogen) atoms. The van der Waals surface area contributed by atoms with Gasteiger partial charge in [0, 0.05) is 0 Å². The molecule has 0 saturated carbocycles. The molecule has 1 heterocycles. The van der Waals surface area contributed by atoms with Gasteiger partial charge in [0.2, 0.25) is 0 Å². The summed E-state index contributed by atoms with van der Waals surface area (Å²) in [6.07, 6.45) is -1.62. The molecule has 7 nitrogen and oxygen atoms in total. The average molecular weight is 461 g/mol. The van der Waals surface area contributed by atoms with Crippen molar-refractivity contribution in [2.75, 3.05) is 4.90 Å². The maximum absolute atomic E-state index is 13.1. The summed E-state index contributed by atoms with van der Waals surface area (Å²) < 4.78 is 23.5. The summed E-state index contributed by atoms with van der Waals surface area (Å²) in [6, 6.07) is 5.51. The third-order valence-electron chi connectivity index (χ3n) is 5.56. The molecular formula is C25H40BNO6. The van der Waals surface area contributed by atoms with Crippen LogP contribution in [0, 0.1) is 0 Å². The lowest BCUT2D eigenvalue weighted by atomic mass is 9.77. The number of benzene rings is 1. The summed E-state index contributed by atoms with van der Waals surface area (Å²) >= 11 is 0. The first kappa shape index (κ1) is 27.2. The minimum atomic E-state index is -0.808. The Hall–Kier alpha value is -2.06. The minimum Gasteiger partial charge on any atom is -0.443 e. The first-order valence-electron chi connectivity index (χ1n) is 11.5. The summed E-state index contributed by atoms with van der Waals surface area (Å²) in [6.45, 7) is 22.5. The number of hydrogen-bond acceptors (Lipinski definition) is 6. The van der Waals surface area contributed by atoms with Crippen LogP contribution in [0.4, 0.5) is 15.3 Å². The van der Waals surface area contributed by atoms with Crippen LogP contribution >= 0.6 is 0 Å². The first-order chi connectivity index (χ1) is 14.7. The third-order valence-corrected chi connectivity index (χ3v) is 5.56. The van der Waals surface area contributed by atoms with Crippen molar-refractivity contribution in [1.29, 1.82) is 0 Å². The SMILES string of the molecule is CC(C)c1cc(B2OC(C)(C)C(C)(C)O2)cc(N(C(=O)OC(C)(C)C)C(=O)OC(C)(C)C)c1. The topological polar surface area (TPSA) is 74.3 Å². The molecule has 0 unspecified atom stereocenters. The molecule has 1 fully saturated rings. The second-order valence-corrected chi connectivity index (χ2v) is 11.9. The largest absolute Gasteiger partial charge is 0.494 e. The molecular weight excluding hydrogens is 421 g/mol. The van der Waals surface area contributed by atoms with Crippen molar-refractivity contribution in [1.82, 2.24) is 0 Å². The lowest BCUT2D eigenvalue weighted by Gasteiger charge is -2.32. The van der Waals surface area contributed by atoms with Crippen LogP contribution in [0.3, 0.4) is 0 Å². The van der Waals surface area contributed by atoms with Crippen molar-refractivity contribution in [2.24, 2.45) is 0 Å². The Balaban J connectivity index is 2.60. The van der Waals surface area contributed by atoms with Crippen molar-refractivity contribution in [3.05, 3.63) is 23.8 Å². The number of anilines is 1. The lowest BCUT2D eigenvalue weighted by molar-refractivity contribution is 0.00578. The zero-order valence-electron chi connectivity index (χ0n) is 22.3. The van der Waals surface area contributed by atoms with Gasteiger partial charge in [0.15, 0.2) is 0 Å². The van der Waals surface area contributed by atoms with Crippen molar-refractivity contribution in [3.8, 4) is 0 Å². The fourth-order valence-electron chi connectivity index (χ4n) is 3.14. The van der Waals surface area contributed by atoms with Gasteiger partial charge in [-0.05, 0) is 98.3 Å². The van der Waals surface area contributed by atoms with Gasteiger partial charge < -0.3 is 18.8 Å². The summed E-state index contributed by atoms with van der Waals surface area (Å²) in [7, 11) is -0.647. The number of amides is 2. The highest BCUT2D eigenvalue weighted by atomic mass is 16.7. The second kappa shape index (κ2) is 8.95. The molecule has 1 aliphatic heterocycles. The molecule has 184 valence electrons. The zero-order chi connectivity index (χ0) is 25.6. The van der Waals surface area contributed by atoms with E-state index in [0.29, 0.717) is 11.2 Å². The molecule has 1 saturated heterocycles. The Labute approximate surface area is 199 Å². The molecule has 1 aromatic carbocycles. The maximum Gasteiger partial charge on any atom is 0.494 e. The number of hydrogen-bond donors (Lipinski definition) is 0. The maximum atomic E-state index is 13.1. The monoisotopic (exact) mass is 461 g/mol. The quantitative estimate of drug-likeness (QED) is 0.531. The highest BCUT2D eigenvalue weighted by Crippen LogP contribution is 2.37. The normalized spacial score (nSPS) is 17.8. The van der Waals surface area contributed by atoms with E-state index >= 15 is 0 Å². The van der Waals surface area contributed by atoms with Crippen LogP contribution in [0.25, 0.3) is 0 Å². The molecule has 0 atom stereocenters. The van der Waals surface area contributed by atoms with Crippen LogP contribution in [-0.2, 0) is 18.8 Å². The standard InChI is InChI=1S/C25H40BNO6/c1-16(2)17-13-18(26-32-24(9,10)25(11,12)33-26)15-19(14-17)27(20(28)30-22(3,4)5)21(29)31-23(6,7)8/h13-16H,1-12H3. The molecule has 0 bridgehead atoms. The van der Waals surface area contributed by atoms with Crippen molar-refractivity contribution in [2.45, 2.75) is 111 Å². The molecule has 8 heteroatoms. The summed E-state index contributed by atoms with van der Waals surface area (Å²) in [5, 5.41) is 0. The zero-order valence-corrected chi connectivity index (χ0v) is 22.3. The van der Waals surface area contributed by atoms with Crippen molar-refractivity contribution >= 4 is 30.5 Å². The van der Waals surface area contributed by atoms with Crippen molar-refractivity contribution in [3.63, 3.8) is 0 Å². The van der Waals surface area contributed by atoms with Gasteiger partial charge in [-0.25, -0.2) is 9.59 Å². The van der Waals surface area contributed by atoms with Gasteiger partial charge in [0.25, 0.3) is 0 Å². The van der Waals surface area contributed by atoms with Crippen LogP contribution in [0.5, 0.6) is 0 Å². The Morgan fingerprint density at radius 1 is 0.848 bits per heavy atom. The molecule has 0 spiro atoms. The predicted molar refractivity (Wildman–Crippen MR) is 131 cm³/mol. The average Bonchev–Trinajstić information content (AvgIpc) is 2.79. The molecule has 0 aliphatic carbocycles. The highest BCUT2D eigenvalue weighted by Gasteiger charge is 2.52. The Morgan fingerprint density at radius 3 is 1.64 bits per heavy atom. The molecule has 2 rings (SSSR count). The van der Waals surface area contributed by atoms with E-state index in [1.165, 1.54) is 0 Å². The van der Waals surface area contributed by atoms with Crippen molar-refractivity contribution < 1.29 is 28.4 Å². The van der Waals surface area contributed by atoms with Gasteiger partial charge in [0.05, 0.1) is 16.9 Å². The number of ether oxygens (including phenoxy) is 2. The van der Waals surface area contributed by atoms with Gasteiger partial charge in [0.1, 0.15) is 11.2 Å². The Kier molecular flexibility index (Phi) is 7.37. The number of nitrogens with zero attached hydrogens (tertiary/aromatic N) is 1. The number of rotatable bonds is 3. The van der Waals surface area contributed by atoms with Gasteiger partial charge >= 0.3 is 19.3 Å². The van der Waals surface area contributed by atoms with Gasteiger partial charge in [-0.3, -0.25) is 0 Å². The van der Waals surface area contributed by atoms with E-state index in [9.17, 15) is 9.59 Å². The smallest absolute Gasteiger partial charge is 0.443 e. The Bertz CT molecular complexity index is 851. The molecule has 0 aromatic heterocycles. The molecule has 1 aliphatic rings. The van der Waals surface area contributed by atoms with E-state index in [-0.39, 0.29) is 5.92 Å². The minimum absolute atomic E-state index is 0.130. The van der Waals surface area contributed by atoms with Crippen LogP contribution in [-0.4, -0.2) is 41.7 Å².